The van der Waals surface area contributed by atoms with Crippen molar-refractivity contribution in [3.63, 3.8) is 0 Å². The lowest BCUT2D eigenvalue weighted by Crippen LogP contribution is -2.89. The standard InChI is InChI=1S/C28H30N2O4/c1-4-18-9-11-19(12-10-18)23-17-24(22-7-6-8-25(26(22)31)34-5-2)30-27(29-23)20-13-15-21(16-14-20)28(32)33-3/h6-17,24,27,29-31H,4-5H2,1-3H3/p+1. The first kappa shape index (κ1) is 23.4. The molecule has 0 amide bonds. The zero-order chi connectivity index (χ0) is 24.1. The minimum absolute atomic E-state index is 0.127. The second-order valence-electron chi connectivity index (χ2n) is 8.21. The average molecular weight is 460 g/mol. The highest BCUT2D eigenvalue weighted by molar-refractivity contribution is 5.89. The fourth-order valence-corrected chi connectivity index (χ4v) is 4.22. The van der Waals surface area contributed by atoms with Gasteiger partial charge in [-0.2, -0.15) is 0 Å². The van der Waals surface area contributed by atoms with E-state index in [1.54, 1.807) is 18.2 Å². The number of phenols is 1. The number of nitrogens with two attached hydrogens (primary N) is 1. The summed E-state index contributed by atoms with van der Waals surface area (Å²) >= 11 is 0. The van der Waals surface area contributed by atoms with E-state index in [1.165, 1.54) is 12.7 Å². The first-order chi connectivity index (χ1) is 16.5. The van der Waals surface area contributed by atoms with E-state index in [-0.39, 0.29) is 23.9 Å². The number of phenolic OH excluding ortho intramolecular Hbond substituents is 1. The molecule has 6 heteroatoms. The monoisotopic (exact) mass is 459 g/mol. The molecule has 34 heavy (non-hydrogen) atoms. The van der Waals surface area contributed by atoms with Crippen molar-refractivity contribution in [3.8, 4) is 11.5 Å². The fraction of sp³-hybridized carbons (Fsp3) is 0.250. The largest absolute Gasteiger partial charge is 0.504 e. The van der Waals surface area contributed by atoms with Gasteiger partial charge in [0.1, 0.15) is 6.04 Å². The van der Waals surface area contributed by atoms with Crippen LogP contribution in [0.3, 0.4) is 0 Å². The summed E-state index contributed by atoms with van der Waals surface area (Å²) in [7, 11) is 1.38. The van der Waals surface area contributed by atoms with Gasteiger partial charge in [0.2, 0.25) is 0 Å². The Morgan fingerprint density at radius 1 is 1.03 bits per heavy atom. The molecule has 3 aromatic rings. The molecule has 4 rings (SSSR count). The highest BCUT2D eigenvalue weighted by Crippen LogP contribution is 2.35. The molecule has 6 nitrogen and oxygen atoms in total. The van der Waals surface area contributed by atoms with Crippen molar-refractivity contribution in [2.24, 2.45) is 0 Å². The Bertz CT molecular complexity index is 1170. The van der Waals surface area contributed by atoms with Crippen LogP contribution in [-0.4, -0.2) is 24.8 Å². The Morgan fingerprint density at radius 2 is 1.76 bits per heavy atom. The molecule has 0 aliphatic carbocycles. The Kier molecular flexibility index (Phi) is 7.18. The minimum atomic E-state index is -0.362. The number of nitrogens with one attached hydrogen (secondary N) is 1. The van der Waals surface area contributed by atoms with Crippen LogP contribution in [0, 0.1) is 0 Å². The topological polar surface area (TPSA) is 84.4 Å². The second kappa shape index (κ2) is 10.4. The minimum Gasteiger partial charge on any atom is -0.504 e. The number of hydrogen-bond acceptors (Lipinski definition) is 5. The van der Waals surface area contributed by atoms with Crippen LogP contribution in [0.5, 0.6) is 11.5 Å². The van der Waals surface area contributed by atoms with E-state index in [0.29, 0.717) is 17.9 Å². The van der Waals surface area contributed by atoms with E-state index in [2.05, 4.69) is 47.9 Å². The fourth-order valence-electron chi connectivity index (χ4n) is 4.22. The number of rotatable bonds is 7. The van der Waals surface area contributed by atoms with Gasteiger partial charge in [-0.15, -0.1) is 0 Å². The number of methoxy groups -OCH3 is 1. The van der Waals surface area contributed by atoms with Crippen LogP contribution in [0.25, 0.3) is 5.70 Å². The number of para-hydroxylation sites is 1. The third-order valence-electron chi connectivity index (χ3n) is 6.11. The first-order valence-corrected chi connectivity index (χ1v) is 11.6. The summed E-state index contributed by atoms with van der Waals surface area (Å²) in [6.07, 6.45) is 2.99. The normalized spacial score (nSPS) is 17.4. The molecule has 0 fully saturated rings. The van der Waals surface area contributed by atoms with E-state index < -0.39 is 0 Å². The van der Waals surface area contributed by atoms with E-state index in [0.717, 1.165) is 28.8 Å². The lowest BCUT2D eigenvalue weighted by atomic mass is 9.97. The number of aryl methyl sites for hydroxylation is 1. The number of aromatic hydroxyl groups is 1. The Balaban J connectivity index is 1.72. The van der Waals surface area contributed by atoms with Gasteiger partial charge in [0.05, 0.1) is 24.8 Å². The van der Waals surface area contributed by atoms with Crippen LogP contribution < -0.4 is 15.4 Å². The highest BCUT2D eigenvalue weighted by Gasteiger charge is 2.30. The summed E-state index contributed by atoms with van der Waals surface area (Å²) in [5, 5.41) is 16.7. The molecular weight excluding hydrogens is 428 g/mol. The number of esters is 1. The van der Waals surface area contributed by atoms with Gasteiger partial charge in [0.15, 0.2) is 17.7 Å². The summed E-state index contributed by atoms with van der Waals surface area (Å²) in [4.78, 5) is 11.9. The SMILES string of the molecule is CCOc1cccc(C2C=C(c3ccc(CC)cc3)NC(c3ccc(C(=O)OC)cc3)[NH2+]2)c1O. The lowest BCUT2D eigenvalue weighted by Gasteiger charge is -2.30. The van der Waals surface area contributed by atoms with E-state index in [1.807, 2.05) is 31.2 Å². The Morgan fingerprint density at radius 3 is 2.41 bits per heavy atom. The molecule has 1 heterocycles. The maximum atomic E-state index is 11.9. The molecular formula is C28H31N2O4+. The molecule has 0 saturated carbocycles. The van der Waals surface area contributed by atoms with Gasteiger partial charge in [-0.25, -0.2) is 4.79 Å². The van der Waals surface area contributed by atoms with Crippen molar-refractivity contribution in [2.45, 2.75) is 32.5 Å². The molecule has 1 aliphatic heterocycles. The van der Waals surface area contributed by atoms with Gasteiger partial charge in [0, 0.05) is 17.3 Å². The Labute approximate surface area is 200 Å². The maximum absolute atomic E-state index is 11.9. The van der Waals surface area contributed by atoms with Crippen molar-refractivity contribution in [2.75, 3.05) is 13.7 Å². The molecule has 0 spiro atoms. The van der Waals surface area contributed by atoms with Crippen molar-refractivity contribution in [1.82, 2.24) is 5.32 Å². The molecule has 0 saturated heterocycles. The van der Waals surface area contributed by atoms with Crippen molar-refractivity contribution >= 4 is 11.7 Å². The zero-order valence-corrected chi connectivity index (χ0v) is 19.7. The number of carbonyl (C=O) groups excluding carboxylic acids is 1. The van der Waals surface area contributed by atoms with Crippen LogP contribution in [-0.2, 0) is 11.2 Å². The molecule has 0 radical (unpaired) electrons. The van der Waals surface area contributed by atoms with Crippen LogP contribution in [0.1, 0.15) is 58.7 Å². The van der Waals surface area contributed by atoms with Crippen LogP contribution in [0.4, 0.5) is 0 Å². The van der Waals surface area contributed by atoms with E-state index in [9.17, 15) is 9.90 Å². The average Bonchev–Trinajstić information content (AvgIpc) is 2.89. The second-order valence-corrected chi connectivity index (χ2v) is 8.21. The third kappa shape index (κ3) is 4.92. The quantitative estimate of drug-likeness (QED) is 0.464. The lowest BCUT2D eigenvalue weighted by molar-refractivity contribution is -0.731. The van der Waals surface area contributed by atoms with Gasteiger partial charge in [-0.05, 0) is 48.7 Å². The van der Waals surface area contributed by atoms with Crippen molar-refractivity contribution < 1.29 is 24.7 Å². The summed E-state index contributed by atoms with van der Waals surface area (Å²) in [5.74, 6) is 0.275. The van der Waals surface area contributed by atoms with Gasteiger partial charge in [-0.1, -0.05) is 49.4 Å². The van der Waals surface area contributed by atoms with Gasteiger partial charge >= 0.3 is 5.97 Å². The van der Waals surface area contributed by atoms with E-state index >= 15 is 0 Å². The van der Waals surface area contributed by atoms with Gasteiger partial charge in [-0.3, -0.25) is 0 Å². The third-order valence-corrected chi connectivity index (χ3v) is 6.11. The molecule has 1 aliphatic rings. The summed E-state index contributed by atoms with van der Waals surface area (Å²) in [6.45, 7) is 4.52. The maximum Gasteiger partial charge on any atom is 0.337 e. The summed E-state index contributed by atoms with van der Waals surface area (Å²) in [5.41, 5.74) is 5.64. The smallest absolute Gasteiger partial charge is 0.337 e. The first-order valence-electron chi connectivity index (χ1n) is 11.6. The predicted molar refractivity (Wildman–Crippen MR) is 131 cm³/mol. The molecule has 2 atom stereocenters. The number of ether oxygens (including phenoxy) is 2. The highest BCUT2D eigenvalue weighted by atomic mass is 16.5. The van der Waals surface area contributed by atoms with Crippen LogP contribution >= 0.6 is 0 Å². The van der Waals surface area contributed by atoms with E-state index in [4.69, 9.17) is 9.47 Å². The number of quaternary nitrogens is 1. The van der Waals surface area contributed by atoms with Crippen molar-refractivity contribution in [3.05, 3.63) is 101 Å². The Hall–Kier alpha value is -3.77. The zero-order valence-electron chi connectivity index (χ0n) is 19.7. The number of carbonyl (C=O) groups is 1. The van der Waals surface area contributed by atoms with Crippen LogP contribution in [0.15, 0.2) is 72.8 Å². The number of benzene rings is 3. The molecule has 2 unspecified atom stereocenters. The predicted octanol–water partition coefficient (Wildman–Crippen LogP) is 4.09. The molecule has 3 aromatic carbocycles. The molecule has 176 valence electrons. The molecule has 0 bridgehead atoms. The van der Waals surface area contributed by atoms with Crippen molar-refractivity contribution in [1.29, 1.82) is 0 Å². The van der Waals surface area contributed by atoms with Gasteiger partial charge in [0.25, 0.3) is 0 Å². The van der Waals surface area contributed by atoms with Crippen LogP contribution in [0.2, 0.25) is 0 Å². The van der Waals surface area contributed by atoms with Gasteiger partial charge < -0.3 is 25.2 Å². The molecule has 4 N–H and O–H groups in total. The number of hydrogen-bond donors (Lipinski definition) is 3. The molecule has 0 aromatic heterocycles. The summed E-state index contributed by atoms with van der Waals surface area (Å²) < 4.78 is 10.4. The summed E-state index contributed by atoms with van der Waals surface area (Å²) in [6, 6.07) is 21.4.